The Labute approximate surface area is 190 Å². The first kappa shape index (κ1) is 24.1. The number of carbonyl (C=O) groups is 3. The average Bonchev–Trinajstić information content (AvgIpc) is 2.70. The second-order valence-electron chi connectivity index (χ2n) is 7.63. The summed E-state index contributed by atoms with van der Waals surface area (Å²) < 4.78 is 6.00. The molecule has 3 amide bonds. The molecule has 2 rings (SSSR count). The number of carbonyl (C=O) groups excluding carboxylic acids is 3. The van der Waals surface area contributed by atoms with Gasteiger partial charge in [-0.2, -0.15) is 0 Å². The monoisotopic (exact) mass is 487 g/mol. The molecule has 8 heteroatoms. The predicted octanol–water partition coefficient (Wildman–Crippen LogP) is 4.24. The molecule has 0 aliphatic rings. The molecule has 0 bridgehead atoms. The molecule has 2 aromatic rings. The van der Waals surface area contributed by atoms with E-state index in [9.17, 15) is 14.4 Å². The van der Waals surface area contributed by atoms with Crippen molar-refractivity contribution in [2.45, 2.75) is 32.9 Å². The predicted molar refractivity (Wildman–Crippen MR) is 124 cm³/mol. The zero-order valence-corrected chi connectivity index (χ0v) is 19.3. The van der Waals surface area contributed by atoms with Crippen LogP contribution in [-0.4, -0.2) is 30.1 Å². The topological polar surface area (TPSA) is 96.5 Å². The Morgan fingerprint density at radius 2 is 1.68 bits per heavy atom. The van der Waals surface area contributed by atoms with Gasteiger partial charge in [0, 0.05) is 22.8 Å². The van der Waals surface area contributed by atoms with Crippen molar-refractivity contribution in [1.29, 1.82) is 0 Å². The van der Waals surface area contributed by atoms with Gasteiger partial charge in [0.15, 0.2) is 0 Å². The van der Waals surface area contributed by atoms with Crippen LogP contribution in [0.3, 0.4) is 0 Å². The normalized spacial score (nSPS) is 11.1. The molecule has 0 aromatic heterocycles. The first-order valence-electron chi connectivity index (χ1n) is 9.69. The number of ether oxygens (including phenoxy) is 1. The minimum atomic E-state index is -0.667. The summed E-state index contributed by atoms with van der Waals surface area (Å²) in [6, 6.07) is 14.7. The molecule has 0 heterocycles. The van der Waals surface area contributed by atoms with Crippen molar-refractivity contribution in [2.75, 3.05) is 11.9 Å². The summed E-state index contributed by atoms with van der Waals surface area (Å²) >= 11 is 3.43. The van der Waals surface area contributed by atoms with Gasteiger partial charge in [0.2, 0.25) is 11.8 Å². The Kier molecular flexibility index (Phi) is 8.81. The van der Waals surface area contributed by atoms with E-state index in [0.717, 1.165) is 15.6 Å². The third kappa shape index (κ3) is 9.04. The molecule has 0 saturated heterocycles. The van der Waals surface area contributed by atoms with E-state index in [1.54, 1.807) is 45.0 Å². The van der Waals surface area contributed by atoms with E-state index in [4.69, 9.17) is 4.74 Å². The van der Waals surface area contributed by atoms with Gasteiger partial charge in [-0.15, -0.1) is 0 Å². The number of halogens is 1. The molecule has 0 radical (unpaired) electrons. The van der Waals surface area contributed by atoms with Crippen LogP contribution in [0.4, 0.5) is 10.5 Å². The minimum Gasteiger partial charge on any atom is -0.444 e. The highest BCUT2D eigenvalue weighted by molar-refractivity contribution is 9.10. The molecule has 2 aromatic carbocycles. The quantitative estimate of drug-likeness (QED) is 0.508. The zero-order valence-electron chi connectivity index (χ0n) is 17.7. The summed E-state index contributed by atoms with van der Waals surface area (Å²) in [5, 5.41) is 7.94. The summed E-state index contributed by atoms with van der Waals surface area (Å²) in [6.07, 6.45) is 2.50. The molecule has 164 valence electrons. The molecule has 31 heavy (non-hydrogen) atoms. The molecule has 0 fully saturated rings. The van der Waals surface area contributed by atoms with E-state index in [-0.39, 0.29) is 19.0 Å². The number of amides is 3. The van der Waals surface area contributed by atoms with E-state index in [2.05, 4.69) is 31.9 Å². The van der Waals surface area contributed by atoms with Crippen molar-refractivity contribution >= 4 is 45.6 Å². The van der Waals surface area contributed by atoms with Crippen LogP contribution in [-0.2, 0) is 20.9 Å². The first-order valence-corrected chi connectivity index (χ1v) is 10.5. The minimum absolute atomic E-state index is 0.231. The van der Waals surface area contributed by atoms with Crippen LogP contribution < -0.4 is 16.0 Å². The fourth-order valence-corrected chi connectivity index (χ4v) is 2.89. The van der Waals surface area contributed by atoms with Crippen LogP contribution >= 0.6 is 15.9 Å². The van der Waals surface area contributed by atoms with Crippen LogP contribution in [0.2, 0.25) is 0 Å². The van der Waals surface area contributed by atoms with Gasteiger partial charge in [0.05, 0.1) is 0 Å². The summed E-state index contributed by atoms with van der Waals surface area (Å²) in [5.74, 6) is -0.665. The van der Waals surface area contributed by atoms with Crippen molar-refractivity contribution in [3.63, 3.8) is 0 Å². The Hall–Kier alpha value is -3.13. The number of para-hydroxylation sites is 1. The van der Waals surface area contributed by atoms with Crippen molar-refractivity contribution in [1.82, 2.24) is 10.6 Å². The third-order valence-electron chi connectivity index (χ3n) is 3.86. The van der Waals surface area contributed by atoms with E-state index in [0.29, 0.717) is 5.69 Å². The Morgan fingerprint density at radius 3 is 2.39 bits per heavy atom. The summed E-state index contributed by atoms with van der Waals surface area (Å²) in [6.45, 7) is 5.22. The van der Waals surface area contributed by atoms with E-state index >= 15 is 0 Å². The molecule has 3 N–H and O–H groups in total. The lowest BCUT2D eigenvalue weighted by molar-refractivity contribution is -0.116. The lowest BCUT2D eigenvalue weighted by atomic mass is 10.1. The van der Waals surface area contributed by atoms with Crippen LogP contribution in [0.1, 0.15) is 31.9 Å². The fourth-order valence-electron chi connectivity index (χ4n) is 2.47. The second-order valence-corrected chi connectivity index (χ2v) is 8.49. The molecule has 0 saturated carbocycles. The molecular formula is C23H26BrN3O4. The van der Waals surface area contributed by atoms with Gasteiger partial charge < -0.3 is 20.7 Å². The third-order valence-corrected chi connectivity index (χ3v) is 4.58. The maximum atomic E-state index is 12.2. The van der Waals surface area contributed by atoms with Crippen LogP contribution in [0.5, 0.6) is 0 Å². The maximum Gasteiger partial charge on any atom is 0.408 e. The van der Waals surface area contributed by atoms with Gasteiger partial charge in [0.25, 0.3) is 0 Å². The van der Waals surface area contributed by atoms with Gasteiger partial charge in [-0.05, 0) is 50.1 Å². The summed E-state index contributed by atoms with van der Waals surface area (Å²) in [5.41, 5.74) is 1.53. The van der Waals surface area contributed by atoms with E-state index in [1.165, 1.54) is 6.08 Å². The molecule has 7 nitrogen and oxygen atoms in total. The van der Waals surface area contributed by atoms with Gasteiger partial charge in [0.1, 0.15) is 12.1 Å². The summed E-state index contributed by atoms with van der Waals surface area (Å²) in [7, 11) is 0. The molecule has 0 atom stereocenters. The standard InChI is InChI=1S/C23H26BrN3O4/c1-23(2,3)31-22(30)26-15-21(29)27-19-11-7-5-9-17(19)14-25-20(28)13-12-16-8-4-6-10-18(16)24/h4-13H,14-15H2,1-3H3,(H,25,28)(H,26,30)(H,27,29)/b13-12+. The molecule has 0 aliphatic heterocycles. The smallest absolute Gasteiger partial charge is 0.408 e. The number of benzene rings is 2. The van der Waals surface area contributed by atoms with Crippen LogP contribution in [0.15, 0.2) is 59.1 Å². The number of hydrogen-bond donors (Lipinski definition) is 3. The van der Waals surface area contributed by atoms with Crippen molar-refractivity contribution in [3.8, 4) is 0 Å². The van der Waals surface area contributed by atoms with Gasteiger partial charge in [-0.1, -0.05) is 52.3 Å². The number of alkyl carbamates (subject to hydrolysis) is 1. The largest absolute Gasteiger partial charge is 0.444 e. The molecule has 0 spiro atoms. The van der Waals surface area contributed by atoms with E-state index < -0.39 is 17.6 Å². The molecular weight excluding hydrogens is 462 g/mol. The number of anilines is 1. The lowest BCUT2D eigenvalue weighted by Gasteiger charge is -2.19. The lowest BCUT2D eigenvalue weighted by Crippen LogP contribution is -2.37. The van der Waals surface area contributed by atoms with Gasteiger partial charge in [-0.25, -0.2) is 4.79 Å². The average molecular weight is 488 g/mol. The highest BCUT2D eigenvalue weighted by Gasteiger charge is 2.17. The van der Waals surface area contributed by atoms with Crippen molar-refractivity contribution in [3.05, 3.63) is 70.2 Å². The van der Waals surface area contributed by atoms with Gasteiger partial charge in [-0.3, -0.25) is 9.59 Å². The molecule has 0 aliphatic carbocycles. The molecule has 0 unspecified atom stereocenters. The fraction of sp³-hybridized carbons (Fsp3) is 0.261. The number of hydrogen-bond acceptors (Lipinski definition) is 4. The Bertz CT molecular complexity index is 967. The van der Waals surface area contributed by atoms with Crippen molar-refractivity contribution in [2.24, 2.45) is 0 Å². The van der Waals surface area contributed by atoms with E-state index in [1.807, 2.05) is 30.3 Å². The van der Waals surface area contributed by atoms with Crippen LogP contribution in [0.25, 0.3) is 6.08 Å². The SMILES string of the molecule is CC(C)(C)OC(=O)NCC(=O)Nc1ccccc1CNC(=O)/C=C/c1ccccc1Br. The maximum absolute atomic E-state index is 12.2. The van der Waals surface area contributed by atoms with Crippen LogP contribution in [0, 0.1) is 0 Å². The Morgan fingerprint density at radius 1 is 1.00 bits per heavy atom. The first-order chi connectivity index (χ1) is 14.6. The Balaban J connectivity index is 1.88. The zero-order chi connectivity index (χ0) is 22.9. The highest BCUT2D eigenvalue weighted by Crippen LogP contribution is 2.17. The number of rotatable bonds is 7. The second kappa shape index (κ2) is 11.3. The van der Waals surface area contributed by atoms with Gasteiger partial charge >= 0.3 is 6.09 Å². The highest BCUT2D eigenvalue weighted by atomic mass is 79.9. The summed E-state index contributed by atoms with van der Waals surface area (Å²) in [4.78, 5) is 36.0. The number of nitrogens with one attached hydrogen (secondary N) is 3. The van der Waals surface area contributed by atoms with Crippen molar-refractivity contribution < 1.29 is 19.1 Å².